The van der Waals surface area contributed by atoms with Gasteiger partial charge in [0.1, 0.15) is 12.4 Å². The Bertz CT molecular complexity index is 541. The van der Waals surface area contributed by atoms with Gasteiger partial charge in [0, 0.05) is 11.1 Å². The molecule has 0 saturated carbocycles. The summed E-state index contributed by atoms with van der Waals surface area (Å²) in [5.74, 6) is 0.633. The van der Waals surface area contributed by atoms with E-state index in [1.165, 1.54) is 0 Å². The Morgan fingerprint density at radius 3 is 2.20 bits per heavy atom. The maximum atomic E-state index is 12.1. The first-order valence-corrected chi connectivity index (χ1v) is 6.17. The number of aliphatic hydroxyl groups is 1. The van der Waals surface area contributed by atoms with Gasteiger partial charge >= 0.3 is 29.6 Å². The quantitative estimate of drug-likeness (QED) is 0.609. The molecule has 0 fully saturated rings. The Morgan fingerprint density at radius 1 is 1.10 bits per heavy atom. The van der Waals surface area contributed by atoms with E-state index in [-0.39, 0.29) is 43.4 Å². The maximum Gasteiger partial charge on any atom is 1.00 e. The van der Waals surface area contributed by atoms with Crippen molar-refractivity contribution >= 4 is 5.78 Å². The fraction of sp³-hybridized carbons (Fsp3) is 0.188. The van der Waals surface area contributed by atoms with Crippen LogP contribution >= 0.6 is 0 Å². The van der Waals surface area contributed by atoms with Gasteiger partial charge in [-0.1, -0.05) is 30.3 Å². The Morgan fingerprint density at radius 2 is 1.65 bits per heavy atom. The van der Waals surface area contributed by atoms with Gasteiger partial charge in [0.25, 0.3) is 0 Å². The molecule has 20 heavy (non-hydrogen) atoms. The summed E-state index contributed by atoms with van der Waals surface area (Å²) in [5, 5.41) is 9.13. The molecule has 2 rings (SSSR count). The van der Waals surface area contributed by atoms with Gasteiger partial charge in [0.2, 0.25) is 0 Å². The molecule has 1 atom stereocenters. The minimum absolute atomic E-state index is 0. The second-order valence-corrected chi connectivity index (χ2v) is 4.38. The van der Waals surface area contributed by atoms with Crippen molar-refractivity contribution in [3.63, 3.8) is 0 Å². The van der Waals surface area contributed by atoms with Crippen LogP contribution in [0.5, 0.6) is 5.75 Å². The van der Waals surface area contributed by atoms with Gasteiger partial charge in [-0.3, -0.25) is 4.79 Å². The molecule has 1 N–H and O–H groups in total. The number of hydrogen-bond donors (Lipinski definition) is 1. The molecular formula is C16H17NaO3. The van der Waals surface area contributed by atoms with E-state index in [1.807, 2.05) is 18.2 Å². The molecule has 2 aromatic carbocycles. The normalized spacial score (nSPS) is 11.3. The van der Waals surface area contributed by atoms with Crippen molar-refractivity contribution in [2.24, 2.45) is 0 Å². The smallest absolute Gasteiger partial charge is 1.00 e. The summed E-state index contributed by atoms with van der Waals surface area (Å²) in [7, 11) is 0. The van der Waals surface area contributed by atoms with Crippen LogP contribution in [-0.4, -0.2) is 23.6 Å². The van der Waals surface area contributed by atoms with E-state index in [0.29, 0.717) is 16.9 Å². The molecule has 0 heterocycles. The summed E-state index contributed by atoms with van der Waals surface area (Å²) in [6.45, 7) is 1.90. The summed E-state index contributed by atoms with van der Waals surface area (Å²) in [4.78, 5) is 12.1. The Labute approximate surface area is 142 Å². The van der Waals surface area contributed by atoms with Crippen LogP contribution < -0.4 is 34.3 Å². The van der Waals surface area contributed by atoms with E-state index in [2.05, 4.69) is 0 Å². The van der Waals surface area contributed by atoms with Gasteiger partial charge in [-0.05, 0) is 31.2 Å². The Balaban J connectivity index is 0.00000200. The minimum atomic E-state index is -0.509. The van der Waals surface area contributed by atoms with Crippen molar-refractivity contribution < 1.29 is 45.6 Å². The summed E-state index contributed by atoms with van der Waals surface area (Å²) >= 11 is 0. The van der Waals surface area contributed by atoms with Crippen LogP contribution in [0.4, 0.5) is 0 Å². The molecule has 1 unspecified atom stereocenters. The maximum absolute atomic E-state index is 12.1. The number of ether oxygens (including phenoxy) is 1. The number of rotatable bonds is 5. The molecule has 0 aliphatic heterocycles. The molecule has 0 aliphatic carbocycles. The molecule has 2 aromatic rings. The van der Waals surface area contributed by atoms with Crippen molar-refractivity contribution in [3.8, 4) is 5.75 Å². The molecule has 0 saturated heterocycles. The number of hydrogen-bond acceptors (Lipinski definition) is 3. The van der Waals surface area contributed by atoms with E-state index in [0.717, 1.165) is 0 Å². The van der Waals surface area contributed by atoms with Crippen molar-refractivity contribution in [3.05, 3.63) is 65.7 Å². The SMILES string of the molecule is CC(O)COc1ccc(C(=O)c2ccccc2)cc1.[H-].[Na+]. The zero-order chi connectivity index (χ0) is 13.7. The molecule has 0 aliphatic rings. The van der Waals surface area contributed by atoms with Gasteiger partial charge in [0.05, 0.1) is 6.10 Å². The second-order valence-electron chi connectivity index (χ2n) is 4.38. The molecule has 0 amide bonds. The van der Waals surface area contributed by atoms with Crippen LogP contribution in [0.2, 0.25) is 0 Å². The predicted molar refractivity (Wildman–Crippen MR) is 74.6 cm³/mol. The second kappa shape index (κ2) is 8.22. The molecule has 3 nitrogen and oxygen atoms in total. The molecule has 0 spiro atoms. The minimum Gasteiger partial charge on any atom is -1.00 e. The Hall–Kier alpha value is -1.13. The summed E-state index contributed by atoms with van der Waals surface area (Å²) in [5.41, 5.74) is 1.29. The average Bonchev–Trinajstić information content (AvgIpc) is 2.46. The number of carbonyl (C=O) groups excluding carboxylic acids is 1. The van der Waals surface area contributed by atoms with Gasteiger partial charge in [0.15, 0.2) is 5.78 Å². The topological polar surface area (TPSA) is 46.5 Å². The third-order valence-electron chi connectivity index (χ3n) is 2.64. The van der Waals surface area contributed by atoms with Gasteiger partial charge in [-0.25, -0.2) is 0 Å². The van der Waals surface area contributed by atoms with Gasteiger partial charge < -0.3 is 11.3 Å². The fourth-order valence-corrected chi connectivity index (χ4v) is 1.68. The molecule has 100 valence electrons. The third kappa shape index (κ3) is 4.76. The van der Waals surface area contributed by atoms with Crippen LogP contribution in [0, 0.1) is 0 Å². The van der Waals surface area contributed by atoms with Gasteiger partial charge in [-0.15, -0.1) is 0 Å². The van der Waals surface area contributed by atoms with Crippen LogP contribution in [0.1, 0.15) is 24.3 Å². The number of ketones is 1. The van der Waals surface area contributed by atoms with Crippen LogP contribution in [-0.2, 0) is 0 Å². The van der Waals surface area contributed by atoms with E-state index in [9.17, 15) is 4.79 Å². The fourth-order valence-electron chi connectivity index (χ4n) is 1.68. The summed E-state index contributed by atoms with van der Waals surface area (Å²) < 4.78 is 5.35. The molecular weight excluding hydrogens is 263 g/mol. The van der Waals surface area contributed by atoms with Crippen molar-refractivity contribution in [1.82, 2.24) is 0 Å². The zero-order valence-corrected chi connectivity index (χ0v) is 13.7. The van der Waals surface area contributed by atoms with E-state index in [1.54, 1.807) is 43.3 Å². The largest absolute Gasteiger partial charge is 1.00 e. The molecule has 0 radical (unpaired) electrons. The van der Waals surface area contributed by atoms with Gasteiger partial charge in [-0.2, -0.15) is 0 Å². The summed E-state index contributed by atoms with van der Waals surface area (Å²) in [6, 6.07) is 16.1. The number of aliphatic hydroxyl groups excluding tert-OH is 1. The van der Waals surface area contributed by atoms with Crippen molar-refractivity contribution in [2.45, 2.75) is 13.0 Å². The van der Waals surface area contributed by atoms with E-state index < -0.39 is 6.10 Å². The number of benzene rings is 2. The molecule has 4 heteroatoms. The number of carbonyl (C=O) groups is 1. The summed E-state index contributed by atoms with van der Waals surface area (Å²) in [6.07, 6.45) is -0.509. The Kier molecular flexibility index (Phi) is 6.96. The third-order valence-corrected chi connectivity index (χ3v) is 2.64. The van der Waals surface area contributed by atoms with Crippen LogP contribution in [0.15, 0.2) is 54.6 Å². The zero-order valence-electron chi connectivity index (χ0n) is 12.7. The van der Waals surface area contributed by atoms with E-state index >= 15 is 0 Å². The predicted octanol–water partition coefficient (Wildman–Crippen LogP) is -0.206. The van der Waals surface area contributed by atoms with Crippen molar-refractivity contribution in [2.75, 3.05) is 6.61 Å². The van der Waals surface area contributed by atoms with Crippen LogP contribution in [0.25, 0.3) is 0 Å². The molecule has 0 aromatic heterocycles. The first-order valence-electron chi connectivity index (χ1n) is 6.17. The van der Waals surface area contributed by atoms with Crippen molar-refractivity contribution in [1.29, 1.82) is 0 Å². The molecule has 0 bridgehead atoms. The first-order chi connectivity index (χ1) is 9.16. The van der Waals surface area contributed by atoms with E-state index in [4.69, 9.17) is 9.84 Å². The van der Waals surface area contributed by atoms with Crippen LogP contribution in [0.3, 0.4) is 0 Å². The monoisotopic (exact) mass is 280 g/mol. The standard InChI is InChI=1S/C16H16O3.Na.H/c1-12(17)11-19-15-9-7-14(8-10-15)16(18)13-5-3-2-4-6-13;;/h2-10,12,17H,11H2,1H3;;/q;+1;-1. The first kappa shape index (κ1) is 16.9. The average molecular weight is 280 g/mol.